The zero-order chi connectivity index (χ0) is 23.7. The number of carbonyl (C=O) groups excluding carboxylic acids is 1. The van der Waals surface area contributed by atoms with Crippen LogP contribution in [0.2, 0.25) is 0 Å². The van der Waals surface area contributed by atoms with Gasteiger partial charge >= 0.3 is 0 Å². The number of ketones is 1. The van der Waals surface area contributed by atoms with Crippen molar-refractivity contribution < 1.29 is 4.79 Å². The van der Waals surface area contributed by atoms with Crippen LogP contribution in [0, 0.1) is 11.3 Å². The molecule has 35 heavy (non-hydrogen) atoms. The van der Waals surface area contributed by atoms with Crippen LogP contribution in [0.15, 0.2) is 47.6 Å². The third-order valence-corrected chi connectivity index (χ3v) is 9.28. The second-order valence-electron chi connectivity index (χ2n) is 11.5. The molecule has 4 heteroatoms. The molecule has 6 rings (SSSR count). The number of aryl methyl sites for hydroxylation is 1. The maximum absolute atomic E-state index is 13.4. The van der Waals surface area contributed by atoms with E-state index >= 15 is 0 Å². The minimum atomic E-state index is 0.274. The molecule has 3 atom stereocenters. The molecule has 4 aliphatic rings. The van der Waals surface area contributed by atoms with E-state index in [-0.39, 0.29) is 11.3 Å². The molecule has 2 heterocycles. The fourth-order valence-corrected chi connectivity index (χ4v) is 7.24. The molecule has 3 unspecified atom stereocenters. The molecular formula is C31H39N3O. The molecule has 2 aromatic rings. The normalized spacial score (nSPS) is 28.3. The number of aliphatic imine (C=N–C) groups is 1. The van der Waals surface area contributed by atoms with Crippen LogP contribution in [-0.2, 0) is 11.2 Å². The Labute approximate surface area is 210 Å². The molecule has 4 nitrogen and oxygen atoms in total. The smallest absolute Gasteiger partial charge is 0.136 e. The second kappa shape index (κ2) is 9.87. The standard InChI is InChI=1S/C31H39N3O/c35-28(26-21-31(26)17-15-24(20-31)22-8-3-1-4-9-22)14-13-27-29-23(10-7-18-32-27)16-19-33-30(29)34-25-11-5-2-6-12-25/h1,3-4,8-9,16,19,24-26H,2,5-7,10-15,17-18,20-21H2,(H,33,34). The number of hydrogen-bond acceptors (Lipinski definition) is 4. The summed E-state index contributed by atoms with van der Waals surface area (Å²) in [4.78, 5) is 23.1. The average molecular weight is 470 g/mol. The first-order valence-corrected chi connectivity index (χ1v) is 14.1. The van der Waals surface area contributed by atoms with Gasteiger partial charge in [-0.15, -0.1) is 0 Å². The van der Waals surface area contributed by atoms with Gasteiger partial charge in [0.2, 0.25) is 0 Å². The lowest BCUT2D eigenvalue weighted by Gasteiger charge is -2.25. The quantitative estimate of drug-likeness (QED) is 0.481. The average Bonchev–Trinajstić information content (AvgIpc) is 3.51. The third kappa shape index (κ3) is 4.81. The van der Waals surface area contributed by atoms with Gasteiger partial charge in [0.1, 0.15) is 11.6 Å². The Bertz CT molecular complexity index is 1090. The van der Waals surface area contributed by atoms with E-state index < -0.39 is 0 Å². The van der Waals surface area contributed by atoms with Gasteiger partial charge in [-0.05, 0) is 86.3 Å². The van der Waals surface area contributed by atoms with Crippen molar-refractivity contribution in [2.24, 2.45) is 16.3 Å². The lowest BCUT2D eigenvalue weighted by molar-refractivity contribution is -0.120. The lowest BCUT2D eigenvalue weighted by Crippen LogP contribution is -2.25. The molecule has 0 amide bonds. The Morgan fingerprint density at radius 3 is 2.71 bits per heavy atom. The third-order valence-electron chi connectivity index (χ3n) is 9.28. The van der Waals surface area contributed by atoms with Gasteiger partial charge in [0, 0.05) is 42.4 Å². The van der Waals surface area contributed by atoms with Gasteiger partial charge in [-0.2, -0.15) is 0 Å². The predicted octanol–water partition coefficient (Wildman–Crippen LogP) is 6.88. The Balaban J connectivity index is 1.12. The van der Waals surface area contributed by atoms with Crippen molar-refractivity contribution in [2.75, 3.05) is 11.9 Å². The molecule has 3 saturated carbocycles. The number of nitrogens with zero attached hydrogens (tertiary/aromatic N) is 2. The Morgan fingerprint density at radius 2 is 1.86 bits per heavy atom. The molecule has 1 aromatic heterocycles. The number of hydrogen-bond donors (Lipinski definition) is 1. The van der Waals surface area contributed by atoms with E-state index in [1.54, 1.807) is 0 Å². The van der Waals surface area contributed by atoms with Crippen LogP contribution in [0.3, 0.4) is 0 Å². The Hall–Kier alpha value is -2.49. The highest BCUT2D eigenvalue weighted by atomic mass is 16.1. The minimum absolute atomic E-state index is 0.274. The topological polar surface area (TPSA) is 54.4 Å². The highest BCUT2D eigenvalue weighted by Gasteiger charge is 2.60. The van der Waals surface area contributed by atoms with Crippen molar-refractivity contribution in [1.82, 2.24) is 4.98 Å². The summed E-state index contributed by atoms with van der Waals surface area (Å²) in [5, 5.41) is 3.77. The van der Waals surface area contributed by atoms with Crippen LogP contribution in [-0.4, -0.2) is 29.1 Å². The molecule has 184 valence electrons. The van der Waals surface area contributed by atoms with Crippen molar-refractivity contribution in [3.8, 4) is 0 Å². The summed E-state index contributed by atoms with van der Waals surface area (Å²) < 4.78 is 0. The molecule has 1 spiro atoms. The SMILES string of the molecule is O=C(CCC1=NCCCc2ccnc(NC3CCCCC3)c21)C1CC12CCC(c1ccccc1)C2. The van der Waals surface area contributed by atoms with Gasteiger partial charge in [-0.25, -0.2) is 4.98 Å². The van der Waals surface area contributed by atoms with Gasteiger partial charge in [-0.3, -0.25) is 9.79 Å². The van der Waals surface area contributed by atoms with Crippen molar-refractivity contribution in [3.05, 3.63) is 59.3 Å². The number of benzene rings is 1. The molecule has 1 aromatic carbocycles. The molecule has 0 bridgehead atoms. The highest BCUT2D eigenvalue weighted by Crippen LogP contribution is 2.66. The van der Waals surface area contributed by atoms with E-state index in [0.29, 0.717) is 24.2 Å². The first-order chi connectivity index (χ1) is 17.2. The zero-order valence-electron chi connectivity index (χ0n) is 21.0. The van der Waals surface area contributed by atoms with Crippen molar-refractivity contribution in [2.45, 2.75) is 95.4 Å². The monoisotopic (exact) mass is 469 g/mol. The number of aromatic nitrogens is 1. The number of carbonyl (C=O) groups is 1. The summed E-state index contributed by atoms with van der Waals surface area (Å²) in [6.45, 7) is 0.854. The fraction of sp³-hybridized carbons (Fsp3) is 0.581. The molecule has 1 N–H and O–H groups in total. The number of fused-ring (bicyclic) bond motifs is 1. The predicted molar refractivity (Wildman–Crippen MR) is 142 cm³/mol. The van der Waals surface area contributed by atoms with Gasteiger partial charge < -0.3 is 5.32 Å². The summed E-state index contributed by atoms with van der Waals surface area (Å²) in [7, 11) is 0. The minimum Gasteiger partial charge on any atom is -0.367 e. The molecule has 1 aliphatic heterocycles. The van der Waals surface area contributed by atoms with Crippen molar-refractivity contribution >= 4 is 17.3 Å². The number of Topliss-reactive ketones (excluding diaryl/α,β-unsaturated/α-hetero) is 1. The number of nitrogens with one attached hydrogen (secondary N) is 1. The zero-order valence-corrected chi connectivity index (χ0v) is 21.0. The van der Waals surface area contributed by atoms with Gasteiger partial charge in [0.15, 0.2) is 0 Å². The second-order valence-corrected chi connectivity index (χ2v) is 11.5. The van der Waals surface area contributed by atoms with Crippen molar-refractivity contribution in [1.29, 1.82) is 0 Å². The first-order valence-electron chi connectivity index (χ1n) is 14.1. The largest absolute Gasteiger partial charge is 0.367 e. The lowest BCUT2D eigenvalue weighted by atomic mass is 9.92. The summed E-state index contributed by atoms with van der Waals surface area (Å²) >= 11 is 0. The number of anilines is 1. The van der Waals surface area contributed by atoms with Crippen LogP contribution >= 0.6 is 0 Å². The van der Waals surface area contributed by atoms with Gasteiger partial charge in [0.05, 0.1) is 0 Å². The molecular weight excluding hydrogens is 430 g/mol. The molecule has 0 saturated heterocycles. The summed E-state index contributed by atoms with van der Waals surface area (Å²) in [5.74, 6) is 2.38. The molecule has 3 fully saturated rings. The van der Waals surface area contributed by atoms with Crippen LogP contribution in [0.1, 0.15) is 99.7 Å². The van der Waals surface area contributed by atoms with E-state index in [1.807, 2.05) is 6.20 Å². The van der Waals surface area contributed by atoms with Crippen LogP contribution < -0.4 is 5.32 Å². The Morgan fingerprint density at radius 1 is 1.00 bits per heavy atom. The van der Waals surface area contributed by atoms with E-state index in [1.165, 1.54) is 68.1 Å². The van der Waals surface area contributed by atoms with Gasteiger partial charge in [0.25, 0.3) is 0 Å². The fourth-order valence-electron chi connectivity index (χ4n) is 7.24. The maximum Gasteiger partial charge on any atom is 0.136 e. The first kappa shape index (κ1) is 22.9. The van der Waals surface area contributed by atoms with Crippen LogP contribution in [0.25, 0.3) is 0 Å². The number of pyridine rings is 1. The van der Waals surface area contributed by atoms with Crippen LogP contribution in [0.4, 0.5) is 5.82 Å². The van der Waals surface area contributed by atoms with E-state index in [2.05, 4.69) is 41.7 Å². The highest BCUT2D eigenvalue weighted by molar-refractivity contribution is 6.07. The maximum atomic E-state index is 13.4. The Kier molecular flexibility index (Phi) is 6.47. The van der Waals surface area contributed by atoms with E-state index in [0.717, 1.165) is 43.8 Å². The summed E-state index contributed by atoms with van der Waals surface area (Å²) in [6.07, 6.45) is 16.6. The van der Waals surface area contributed by atoms with Crippen LogP contribution in [0.5, 0.6) is 0 Å². The number of rotatable bonds is 7. The molecule has 3 aliphatic carbocycles. The summed E-state index contributed by atoms with van der Waals surface area (Å²) in [5.41, 5.74) is 5.42. The van der Waals surface area contributed by atoms with E-state index in [4.69, 9.17) is 9.98 Å². The summed E-state index contributed by atoms with van der Waals surface area (Å²) in [6, 6.07) is 13.6. The van der Waals surface area contributed by atoms with Gasteiger partial charge in [-0.1, -0.05) is 49.6 Å². The van der Waals surface area contributed by atoms with Crippen molar-refractivity contribution in [3.63, 3.8) is 0 Å². The van der Waals surface area contributed by atoms with E-state index in [9.17, 15) is 4.79 Å². The molecule has 0 radical (unpaired) electrons.